The molecule has 1 aliphatic heterocycles. The molecule has 1 saturated heterocycles. The molecular formula is C18H19N3O5. The second-order valence-corrected chi connectivity index (χ2v) is 5.82. The topological polar surface area (TPSA) is 103 Å². The van der Waals surface area contributed by atoms with Crippen LogP contribution in [0.15, 0.2) is 48.5 Å². The van der Waals surface area contributed by atoms with Gasteiger partial charge in [-0.05, 0) is 43.2 Å². The molecule has 136 valence electrons. The number of ether oxygens (including phenoxy) is 2. The van der Waals surface area contributed by atoms with E-state index in [1.807, 2.05) is 0 Å². The summed E-state index contributed by atoms with van der Waals surface area (Å²) in [7, 11) is 0. The molecule has 1 aliphatic rings. The molecule has 26 heavy (non-hydrogen) atoms. The van der Waals surface area contributed by atoms with E-state index in [1.165, 1.54) is 12.1 Å². The summed E-state index contributed by atoms with van der Waals surface area (Å²) in [5, 5.41) is 11.0. The zero-order valence-corrected chi connectivity index (χ0v) is 14.0. The van der Waals surface area contributed by atoms with Gasteiger partial charge in [-0.1, -0.05) is 12.1 Å². The fourth-order valence-electron chi connectivity index (χ4n) is 2.60. The van der Waals surface area contributed by atoms with Crippen LogP contribution in [0.1, 0.15) is 23.2 Å². The summed E-state index contributed by atoms with van der Waals surface area (Å²) in [4.78, 5) is 22.6. The number of rotatable bonds is 7. The minimum absolute atomic E-state index is 0.120. The number of amides is 1. The van der Waals surface area contributed by atoms with Crippen molar-refractivity contribution >= 4 is 17.3 Å². The summed E-state index contributed by atoms with van der Waals surface area (Å²) in [6, 6.07) is 12.7. The normalized spacial score (nSPS) is 16.1. The molecule has 0 aliphatic carbocycles. The predicted molar refractivity (Wildman–Crippen MR) is 95.1 cm³/mol. The Morgan fingerprint density at radius 2 is 2.00 bits per heavy atom. The van der Waals surface area contributed by atoms with Crippen LogP contribution in [-0.2, 0) is 4.74 Å². The maximum absolute atomic E-state index is 12.2. The Balaban J connectivity index is 1.54. The van der Waals surface area contributed by atoms with Crippen LogP contribution in [-0.4, -0.2) is 30.1 Å². The van der Waals surface area contributed by atoms with Gasteiger partial charge < -0.3 is 9.47 Å². The van der Waals surface area contributed by atoms with Crippen LogP contribution in [0.5, 0.6) is 5.75 Å². The van der Waals surface area contributed by atoms with Gasteiger partial charge in [0.1, 0.15) is 18.0 Å². The fourth-order valence-corrected chi connectivity index (χ4v) is 2.60. The Morgan fingerprint density at radius 3 is 2.69 bits per heavy atom. The third-order valence-corrected chi connectivity index (χ3v) is 3.99. The van der Waals surface area contributed by atoms with E-state index in [0.717, 1.165) is 19.4 Å². The van der Waals surface area contributed by atoms with Crippen molar-refractivity contribution in [2.75, 3.05) is 18.6 Å². The molecular weight excluding hydrogens is 338 g/mol. The lowest BCUT2D eigenvalue weighted by atomic mass is 10.2. The first-order valence-corrected chi connectivity index (χ1v) is 8.28. The van der Waals surface area contributed by atoms with Crippen LogP contribution in [0.2, 0.25) is 0 Å². The van der Waals surface area contributed by atoms with E-state index in [2.05, 4.69) is 10.9 Å². The number of anilines is 1. The average molecular weight is 357 g/mol. The van der Waals surface area contributed by atoms with Gasteiger partial charge >= 0.3 is 0 Å². The Hall–Kier alpha value is -3.13. The van der Waals surface area contributed by atoms with Crippen LogP contribution in [0.25, 0.3) is 0 Å². The number of hydrogen-bond acceptors (Lipinski definition) is 6. The summed E-state index contributed by atoms with van der Waals surface area (Å²) in [6.07, 6.45) is 2.18. The molecule has 1 heterocycles. The van der Waals surface area contributed by atoms with Crippen LogP contribution < -0.4 is 15.6 Å². The van der Waals surface area contributed by atoms with Crippen molar-refractivity contribution in [3.63, 3.8) is 0 Å². The molecule has 1 fully saturated rings. The zero-order valence-electron chi connectivity index (χ0n) is 14.0. The van der Waals surface area contributed by atoms with E-state index >= 15 is 0 Å². The molecule has 8 heteroatoms. The highest BCUT2D eigenvalue weighted by molar-refractivity contribution is 5.95. The number of hydrazine groups is 1. The number of nitro groups is 1. The van der Waals surface area contributed by atoms with E-state index in [-0.39, 0.29) is 17.5 Å². The highest BCUT2D eigenvalue weighted by Crippen LogP contribution is 2.22. The summed E-state index contributed by atoms with van der Waals surface area (Å²) in [6.45, 7) is 1.27. The van der Waals surface area contributed by atoms with Gasteiger partial charge in [0, 0.05) is 18.2 Å². The Kier molecular flexibility index (Phi) is 5.65. The summed E-state index contributed by atoms with van der Waals surface area (Å²) < 4.78 is 11.1. The van der Waals surface area contributed by atoms with E-state index in [9.17, 15) is 14.9 Å². The van der Waals surface area contributed by atoms with Crippen LogP contribution in [0, 0.1) is 10.1 Å². The summed E-state index contributed by atoms with van der Waals surface area (Å²) in [5.74, 6) is 0.248. The summed E-state index contributed by atoms with van der Waals surface area (Å²) >= 11 is 0. The molecule has 2 aromatic rings. The Labute approximate surface area is 150 Å². The predicted octanol–water partition coefficient (Wildman–Crippen LogP) is 2.91. The van der Waals surface area contributed by atoms with Crippen molar-refractivity contribution in [3.8, 4) is 5.75 Å². The molecule has 0 unspecified atom stereocenters. The van der Waals surface area contributed by atoms with Crippen molar-refractivity contribution < 1.29 is 19.2 Å². The molecule has 2 aromatic carbocycles. The zero-order chi connectivity index (χ0) is 18.4. The minimum Gasteiger partial charge on any atom is -0.491 e. The van der Waals surface area contributed by atoms with Crippen molar-refractivity contribution in [2.45, 2.75) is 18.9 Å². The highest BCUT2D eigenvalue weighted by atomic mass is 16.6. The Morgan fingerprint density at radius 1 is 1.23 bits per heavy atom. The molecule has 3 rings (SSSR count). The largest absolute Gasteiger partial charge is 0.491 e. The van der Waals surface area contributed by atoms with Gasteiger partial charge in [0.15, 0.2) is 0 Å². The molecule has 0 radical (unpaired) electrons. The van der Waals surface area contributed by atoms with Gasteiger partial charge in [-0.3, -0.25) is 25.8 Å². The van der Waals surface area contributed by atoms with Crippen molar-refractivity contribution in [2.24, 2.45) is 0 Å². The Bertz CT molecular complexity index is 773. The van der Waals surface area contributed by atoms with Crippen LogP contribution in [0.4, 0.5) is 11.4 Å². The number of nitro benzene ring substituents is 1. The van der Waals surface area contributed by atoms with Crippen molar-refractivity contribution in [3.05, 3.63) is 64.2 Å². The monoisotopic (exact) mass is 357 g/mol. The number of nitrogens with zero attached hydrogens (tertiary/aromatic N) is 1. The standard InChI is InChI=1S/C18H19N3O5/c22-18(20-19-16-5-1-2-6-17(16)21(23)24)13-7-9-14(10-8-13)26-12-15-4-3-11-25-15/h1-2,5-10,15,19H,3-4,11-12H2,(H,20,22)/t15-/m0/s1. The lowest BCUT2D eigenvalue weighted by molar-refractivity contribution is -0.384. The maximum Gasteiger partial charge on any atom is 0.294 e. The van der Waals surface area contributed by atoms with Crippen LogP contribution >= 0.6 is 0 Å². The SMILES string of the molecule is O=C(NNc1ccccc1[N+](=O)[O-])c1ccc(OC[C@@H]2CCCO2)cc1. The quantitative estimate of drug-likeness (QED) is 0.583. The number of benzene rings is 2. The molecule has 8 nitrogen and oxygen atoms in total. The van der Waals surface area contributed by atoms with E-state index in [0.29, 0.717) is 17.9 Å². The molecule has 0 aromatic heterocycles. The van der Waals surface area contributed by atoms with Gasteiger partial charge in [-0.15, -0.1) is 0 Å². The molecule has 1 amide bonds. The highest BCUT2D eigenvalue weighted by Gasteiger charge is 2.16. The van der Waals surface area contributed by atoms with Gasteiger partial charge in [-0.2, -0.15) is 0 Å². The van der Waals surface area contributed by atoms with E-state index in [4.69, 9.17) is 9.47 Å². The second-order valence-electron chi connectivity index (χ2n) is 5.82. The first kappa shape index (κ1) is 17.7. The lowest BCUT2D eigenvalue weighted by Gasteiger charge is -2.12. The fraction of sp³-hybridized carbons (Fsp3) is 0.278. The van der Waals surface area contributed by atoms with E-state index in [1.54, 1.807) is 36.4 Å². The number of nitrogens with one attached hydrogen (secondary N) is 2. The van der Waals surface area contributed by atoms with Crippen molar-refractivity contribution in [1.29, 1.82) is 0 Å². The smallest absolute Gasteiger partial charge is 0.294 e. The lowest BCUT2D eigenvalue weighted by Crippen LogP contribution is -2.29. The van der Waals surface area contributed by atoms with Gasteiger partial charge in [0.2, 0.25) is 0 Å². The maximum atomic E-state index is 12.2. The average Bonchev–Trinajstić information content (AvgIpc) is 3.18. The van der Waals surface area contributed by atoms with Gasteiger partial charge in [-0.25, -0.2) is 0 Å². The number of hydrogen-bond donors (Lipinski definition) is 2. The van der Waals surface area contributed by atoms with Crippen molar-refractivity contribution in [1.82, 2.24) is 5.43 Å². The van der Waals surface area contributed by atoms with Gasteiger partial charge in [0.05, 0.1) is 11.0 Å². The molecule has 0 bridgehead atoms. The van der Waals surface area contributed by atoms with Crippen LogP contribution in [0.3, 0.4) is 0 Å². The first-order chi connectivity index (χ1) is 12.6. The number of carbonyl (C=O) groups excluding carboxylic acids is 1. The molecule has 2 N–H and O–H groups in total. The summed E-state index contributed by atoms with van der Waals surface area (Å²) in [5.41, 5.74) is 5.53. The first-order valence-electron chi connectivity index (χ1n) is 8.28. The number of carbonyl (C=O) groups is 1. The second kappa shape index (κ2) is 8.30. The molecule has 1 atom stereocenters. The molecule has 0 spiro atoms. The third kappa shape index (κ3) is 4.48. The molecule has 0 saturated carbocycles. The van der Waals surface area contributed by atoms with Gasteiger partial charge in [0.25, 0.3) is 11.6 Å². The number of para-hydroxylation sites is 2. The third-order valence-electron chi connectivity index (χ3n) is 3.99. The minimum atomic E-state index is -0.519. The van der Waals surface area contributed by atoms with E-state index < -0.39 is 10.8 Å².